The van der Waals surface area contributed by atoms with Gasteiger partial charge in [0.2, 0.25) is 0 Å². The molecule has 0 aliphatic rings. The lowest BCUT2D eigenvalue weighted by Crippen LogP contribution is -2.50. The van der Waals surface area contributed by atoms with E-state index in [1.54, 1.807) is 6.07 Å². The molecule has 0 saturated heterocycles. The first kappa shape index (κ1) is 21.5. The first-order valence-electron chi connectivity index (χ1n) is 8.33. The third-order valence-corrected chi connectivity index (χ3v) is 4.43. The van der Waals surface area contributed by atoms with Crippen LogP contribution in [0.4, 0.5) is 4.79 Å². The zero-order valence-electron chi connectivity index (χ0n) is 15.0. The van der Waals surface area contributed by atoms with Gasteiger partial charge in [-0.25, -0.2) is 9.59 Å². The molecule has 2 aromatic rings. The molecule has 0 spiro atoms. The summed E-state index contributed by atoms with van der Waals surface area (Å²) in [7, 11) is 0. The summed E-state index contributed by atoms with van der Waals surface area (Å²) in [5, 5.41) is 16.8. The van der Waals surface area contributed by atoms with E-state index in [4.69, 9.17) is 23.2 Å². The molecular weight excluding hydrogens is 405 g/mol. The molecule has 0 bridgehead atoms. The lowest BCUT2D eigenvalue weighted by Gasteiger charge is -2.16. The lowest BCUT2D eigenvalue weighted by molar-refractivity contribution is -0.139. The fraction of sp³-hybridized carbons (Fsp3) is 0.211. The summed E-state index contributed by atoms with van der Waals surface area (Å²) in [4.78, 5) is 35.7. The number of urea groups is 1. The average molecular weight is 424 g/mol. The minimum atomic E-state index is -1.36. The van der Waals surface area contributed by atoms with E-state index in [1.807, 2.05) is 31.2 Å². The highest BCUT2D eigenvalue weighted by Gasteiger charge is 2.23. The number of aryl methyl sites for hydroxylation is 1. The Morgan fingerprint density at radius 1 is 1.04 bits per heavy atom. The van der Waals surface area contributed by atoms with Crippen molar-refractivity contribution in [2.45, 2.75) is 19.5 Å². The molecule has 0 aliphatic carbocycles. The maximum Gasteiger partial charge on any atom is 0.328 e. The standard InChI is InChI=1S/C19H19Cl2N3O4/c1-11-4-2-5-12(8-11)9-22-19(28)23-10-15(18(26)27)24-17(25)16-13(20)6-3-7-14(16)21/h2-8,15H,9-10H2,1H3,(H,24,25)(H,26,27)(H2,22,23,28)/t15-/m0/s1. The largest absolute Gasteiger partial charge is 0.480 e. The van der Waals surface area contributed by atoms with E-state index in [1.165, 1.54) is 12.1 Å². The molecule has 0 heterocycles. The third kappa shape index (κ3) is 6.14. The summed E-state index contributed by atoms with van der Waals surface area (Å²) >= 11 is 11.9. The van der Waals surface area contributed by atoms with E-state index in [9.17, 15) is 19.5 Å². The van der Waals surface area contributed by atoms with Crippen molar-refractivity contribution >= 4 is 41.1 Å². The van der Waals surface area contributed by atoms with Crippen LogP contribution in [0.15, 0.2) is 42.5 Å². The summed E-state index contributed by atoms with van der Waals surface area (Å²) in [6.07, 6.45) is 0. The Balaban J connectivity index is 1.91. The van der Waals surface area contributed by atoms with Crippen molar-refractivity contribution < 1.29 is 19.5 Å². The van der Waals surface area contributed by atoms with E-state index in [0.717, 1.165) is 11.1 Å². The van der Waals surface area contributed by atoms with Crippen molar-refractivity contribution in [1.29, 1.82) is 0 Å². The molecule has 4 N–H and O–H groups in total. The molecule has 1 atom stereocenters. The fourth-order valence-corrected chi connectivity index (χ4v) is 2.98. The number of carbonyl (C=O) groups is 3. The molecule has 0 unspecified atom stereocenters. The van der Waals surface area contributed by atoms with Gasteiger partial charge in [0.15, 0.2) is 0 Å². The summed E-state index contributed by atoms with van der Waals surface area (Å²) in [5.74, 6) is -2.06. The predicted octanol–water partition coefficient (Wildman–Crippen LogP) is 2.98. The van der Waals surface area contributed by atoms with Crippen molar-refractivity contribution in [1.82, 2.24) is 16.0 Å². The Morgan fingerprint density at radius 2 is 1.68 bits per heavy atom. The number of carboxylic acid groups (broad SMARTS) is 1. The Hall–Kier alpha value is -2.77. The van der Waals surface area contributed by atoms with Gasteiger partial charge < -0.3 is 21.1 Å². The Bertz CT molecular complexity index is 869. The predicted molar refractivity (Wildman–Crippen MR) is 107 cm³/mol. The van der Waals surface area contributed by atoms with E-state index in [2.05, 4.69) is 16.0 Å². The normalized spacial score (nSPS) is 11.4. The van der Waals surface area contributed by atoms with Crippen molar-refractivity contribution in [3.8, 4) is 0 Å². The van der Waals surface area contributed by atoms with Crippen LogP contribution in [-0.2, 0) is 11.3 Å². The molecule has 0 fully saturated rings. The first-order chi connectivity index (χ1) is 13.3. The molecule has 0 aliphatic heterocycles. The first-order valence-corrected chi connectivity index (χ1v) is 9.08. The topological polar surface area (TPSA) is 108 Å². The number of hydrogen-bond donors (Lipinski definition) is 4. The maximum atomic E-state index is 12.3. The minimum absolute atomic E-state index is 0.0269. The van der Waals surface area contributed by atoms with Gasteiger partial charge in [0.05, 0.1) is 22.2 Å². The zero-order chi connectivity index (χ0) is 20.7. The van der Waals surface area contributed by atoms with Crippen LogP contribution in [0.25, 0.3) is 0 Å². The van der Waals surface area contributed by atoms with Crippen LogP contribution in [0.5, 0.6) is 0 Å². The molecule has 0 aromatic heterocycles. The molecule has 7 nitrogen and oxygen atoms in total. The zero-order valence-corrected chi connectivity index (χ0v) is 16.5. The highest BCUT2D eigenvalue weighted by Crippen LogP contribution is 2.24. The second-order valence-electron chi connectivity index (χ2n) is 6.01. The molecule has 3 amide bonds. The SMILES string of the molecule is Cc1cccc(CNC(=O)NC[C@H](NC(=O)c2c(Cl)cccc2Cl)C(=O)O)c1. The molecule has 28 heavy (non-hydrogen) atoms. The smallest absolute Gasteiger partial charge is 0.328 e. The number of benzene rings is 2. The van der Waals surface area contributed by atoms with Crippen LogP contribution >= 0.6 is 23.2 Å². The molecular formula is C19H19Cl2N3O4. The average Bonchev–Trinajstić information content (AvgIpc) is 2.63. The summed E-state index contributed by atoms with van der Waals surface area (Å²) in [5.41, 5.74) is 1.94. The molecule has 9 heteroatoms. The number of carboxylic acids is 1. The Morgan fingerprint density at radius 3 is 2.29 bits per heavy atom. The number of halogens is 2. The summed E-state index contributed by atoms with van der Waals surface area (Å²) < 4.78 is 0. The summed E-state index contributed by atoms with van der Waals surface area (Å²) in [6, 6.07) is 10.2. The fourth-order valence-electron chi connectivity index (χ4n) is 2.41. The van der Waals surface area contributed by atoms with Crippen LogP contribution in [-0.4, -0.2) is 35.6 Å². The molecule has 2 aromatic carbocycles. The van der Waals surface area contributed by atoms with Gasteiger partial charge in [0, 0.05) is 6.54 Å². The minimum Gasteiger partial charge on any atom is -0.480 e. The number of carbonyl (C=O) groups excluding carboxylic acids is 2. The van der Waals surface area contributed by atoms with E-state index < -0.39 is 23.9 Å². The number of aliphatic carboxylic acids is 1. The van der Waals surface area contributed by atoms with Crippen LogP contribution in [0, 0.1) is 6.92 Å². The van der Waals surface area contributed by atoms with E-state index in [0.29, 0.717) is 0 Å². The maximum absolute atomic E-state index is 12.3. The lowest BCUT2D eigenvalue weighted by atomic mass is 10.1. The number of rotatable bonds is 7. The van der Waals surface area contributed by atoms with Crippen molar-refractivity contribution in [3.63, 3.8) is 0 Å². The van der Waals surface area contributed by atoms with E-state index >= 15 is 0 Å². The molecule has 0 saturated carbocycles. The highest BCUT2D eigenvalue weighted by atomic mass is 35.5. The second-order valence-corrected chi connectivity index (χ2v) is 6.83. The Kier molecular flexibility index (Phi) is 7.66. The van der Waals surface area contributed by atoms with Crippen LogP contribution in [0.2, 0.25) is 10.0 Å². The van der Waals surface area contributed by atoms with Crippen molar-refractivity contribution in [2.75, 3.05) is 6.54 Å². The Labute approximate surface area is 172 Å². The monoisotopic (exact) mass is 423 g/mol. The molecule has 2 rings (SSSR count). The van der Waals surface area contributed by atoms with Crippen LogP contribution < -0.4 is 16.0 Å². The van der Waals surface area contributed by atoms with E-state index in [-0.39, 0.29) is 28.7 Å². The van der Waals surface area contributed by atoms with Gasteiger partial charge in [-0.3, -0.25) is 4.79 Å². The van der Waals surface area contributed by atoms with Gasteiger partial charge in [-0.15, -0.1) is 0 Å². The molecule has 148 valence electrons. The molecule has 0 radical (unpaired) electrons. The summed E-state index contributed by atoms with van der Waals surface area (Å²) in [6.45, 7) is 1.91. The number of nitrogens with one attached hydrogen (secondary N) is 3. The number of hydrogen-bond acceptors (Lipinski definition) is 3. The van der Waals surface area contributed by atoms with Gasteiger partial charge in [0.1, 0.15) is 6.04 Å². The van der Waals surface area contributed by atoms with Gasteiger partial charge in [-0.05, 0) is 24.6 Å². The van der Waals surface area contributed by atoms with Gasteiger partial charge in [-0.2, -0.15) is 0 Å². The van der Waals surface area contributed by atoms with Crippen LogP contribution in [0.3, 0.4) is 0 Å². The second kappa shape index (κ2) is 9.96. The van der Waals surface area contributed by atoms with Crippen molar-refractivity contribution in [2.24, 2.45) is 0 Å². The highest BCUT2D eigenvalue weighted by molar-refractivity contribution is 6.39. The van der Waals surface area contributed by atoms with Gasteiger partial charge >= 0.3 is 12.0 Å². The van der Waals surface area contributed by atoms with Crippen molar-refractivity contribution in [3.05, 3.63) is 69.2 Å². The van der Waals surface area contributed by atoms with Gasteiger partial charge in [0.25, 0.3) is 5.91 Å². The number of amides is 3. The third-order valence-electron chi connectivity index (χ3n) is 3.80. The quantitative estimate of drug-likeness (QED) is 0.548. The van der Waals surface area contributed by atoms with Gasteiger partial charge in [-0.1, -0.05) is 59.1 Å². The van der Waals surface area contributed by atoms with Crippen LogP contribution in [0.1, 0.15) is 21.5 Å².